The second kappa shape index (κ2) is 7.02. The van der Waals surface area contributed by atoms with Crippen LogP contribution in [0.15, 0.2) is 59.1 Å². The van der Waals surface area contributed by atoms with E-state index in [0.717, 1.165) is 4.47 Å². The first-order valence-corrected chi connectivity index (χ1v) is 9.50. The van der Waals surface area contributed by atoms with Gasteiger partial charge in [0, 0.05) is 15.1 Å². The van der Waals surface area contributed by atoms with Crippen molar-refractivity contribution in [1.29, 1.82) is 0 Å². The Kier molecular flexibility index (Phi) is 4.64. The van der Waals surface area contributed by atoms with Crippen molar-refractivity contribution in [1.82, 2.24) is 4.40 Å². The molecule has 4 rings (SSSR count). The van der Waals surface area contributed by atoms with Gasteiger partial charge in [0.1, 0.15) is 16.8 Å². The fourth-order valence-electron chi connectivity index (χ4n) is 3.41. The van der Waals surface area contributed by atoms with Gasteiger partial charge in [-0.1, -0.05) is 33.6 Å². The molecule has 29 heavy (non-hydrogen) atoms. The molecule has 0 spiro atoms. The van der Waals surface area contributed by atoms with Crippen LogP contribution in [0.25, 0.3) is 16.4 Å². The number of benzene rings is 2. The van der Waals surface area contributed by atoms with Gasteiger partial charge in [0.15, 0.2) is 0 Å². The van der Waals surface area contributed by atoms with Gasteiger partial charge in [0.25, 0.3) is 0 Å². The van der Waals surface area contributed by atoms with E-state index in [9.17, 15) is 24.6 Å². The summed E-state index contributed by atoms with van der Waals surface area (Å²) in [6, 6.07) is 14.4. The molecule has 2 heterocycles. The summed E-state index contributed by atoms with van der Waals surface area (Å²) >= 11 is 9.26. The number of hydrogen-bond donors (Lipinski definition) is 2. The number of ketones is 1. The van der Waals surface area contributed by atoms with Crippen molar-refractivity contribution in [3.63, 3.8) is 0 Å². The maximum atomic E-state index is 13.3. The van der Waals surface area contributed by atoms with Gasteiger partial charge in [0.2, 0.25) is 5.78 Å². The number of carboxylic acid groups (broad SMARTS) is 2. The van der Waals surface area contributed by atoms with Gasteiger partial charge < -0.3 is 14.6 Å². The monoisotopic (exact) mass is 471 g/mol. The van der Waals surface area contributed by atoms with Gasteiger partial charge in [-0.2, -0.15) is 0 Å². The van der Waals surface area contributed by atoms with Gasteiger partial charge in [-0.25, -0.2) is 9.59 Å². The number of halogens is 2. The molecule has 2 N–H and O–H groups in total. The number of nitrogens with zero attached hydrogens (tertiary/aromatic N) is 1. The number of carbonyl (C=O) groups is 3. The summed E-state index contributed by atoms with van der Waals surface area (Å²) in [5.74, 6) is -3.53. The van der Waals surface area contributed by atoms with E-state index in [4.69, 9.17) is 11.6 Å². The number of fused-ring (bicyclic) bond motifs is 3. The lowest BCUT2D eigenvalue weighted by atomic mass is 10.0. The second-order valence-corrected chi connectivity index (χ2v) is 7.65. The number of carboxylic acids is 2. The average Bonchev–Trinajstić information content (AvgIpc) is 3.03. The molecule has 0 fully saturated rings. The van der Waals surface area contributed by atoms with Crippen LogP contribution in [0, 0.1) is 0 Å². The molecule has 0 radical (unpaired) electrons. The summed E-state index contributed by atoms with van der Waals surface area (Å²) in [5, 5.41) is 20.6. The Hall–Kier alpha value is -3.16. The van der Waals surface area contributed by atoms with Gasteiger partial charge >= 0.3 is 11.9 Å². The predicted octanol–water partition coefficient (Wildman–Crippen LogP) is 5.14. The van der Waals surface area contributed by atoms with Crippen LogP contribution in [0.5, 0.6) is 0 Å². The van der Waals surface area contributed by atoms with E-state index in [1.807, 2.05) is 0 Å². The molecular weight excluding hydrogens is 462 g/mol. The van der Waals surface area contributed by atoms with Crippen LogP contribution in [-0.2, 0) is 0 Å². The number of aromatic carboxylic acids is 2. The fourth-order valence-corrected chi connectivity index (χ4v) is 3.91. The van der Waals surface area contributed by atoms with Gasteiger partial charge in [-0.3, -0.25) is 4.79 Å². The molecule has 144 valence electrons. The Labute approximate surface area is 177 Å². The van der Waals surface area contributed by atoms with Crippen molar-refractivity contribution < 1.29 is 24.6 Å². The van der Waals surface area contributed by atoms with Crippen molar-refractivity contribution in [2.24, 2.45) is 0 Å². The minimum absolute atomic E-state index is 0.127. The molecule has 0 aliphatic rings. The standard InChI is InChI=1S/C21H11BrClNO5/c22-12-4-8-14-11(9-12)3-7-15-16(20(26)27)17(21(28)29)18(24(14)15)19(25)10-1-5-13(23)6-2-10/h1-9H,(H,26,27)(H,28,29). The molecule has 0 saturated heterocycles. The molecule has 0 aliphatic carbocycles. The minimum atomic E-state index is -1.49. The lowest BCUT2D eigenvalue weighted by molar-refractivity contribution is 0.0652. The van der Waals surface area contributed by atoms with Crippen molar-refractivity contribution >= 4 is 61.7 Å². The van der Waals surface area contributed by atoms with Crippen LogP contribution >= 0.6 is 27.5 Å². The molecule has 0 atom stereocenters. The molecule has 0 aliphatic heterocycles. The second-order valence-electron chi connectivity index (χ2n) is 6.30. The summed E-state index contributed by atoms with van der Waals surface area (Å²) < 4.78 is 2.19. The van der Waals surface area contributed by atoms with Crippen molar-refractivity contribution in [2.75, 3.05) is 0 Å². The Bertz CT molecular complexity index is 1340. The molecule has 2 aromatic carbocycles. The van der Waals surface area contributed by atoms with E-state index in [-0.39, 0.29) is 16.8 Å². The summed E-state index contributed by atoms with van der Waals surface area (Å²) in [7, 11) is 0. The highest BCUT2D eigenvalue weighted by Gasteiger charge is 2.32. The largest absolute Gasteiger partial charge is 0.478 e. The quantitative estimate of drug-likeness (QED) is 0.401. The summed E-state index contributed by atoms with van der Waals surface area (Å²) in [4.78, 5) is 37.3. The molecule has 0 saturated carbocycles. The minimum Gasteiger partial charge on any atom is -0.478 e. The van der Waals surface area contributed by atoms with E-state index in [0.29, 0.717) is 15.9 Å². The third-order valence-electron chi connectivity index (χ3n) is 4.61. The molecule has 0 amide bonds. The molecule has 8 heteroatoms. The van der Waals surface area contributed by atoms with Crippen molar-refractivity contribution in [2.45, 2.75) is 0 Å². The van der Waals surface area contributed by atoms with Crippen LogP contribution in [0.1, 0.15) is 36.8 Å². The summed E-state index contributed by atoms with van der Waals surface area (Å²) in [6.07, 6.45) is 0. The first kappa shape index (κ1) is 19.2. The van der Waals surface area contributed by atoms with E-state index in [2.05, 4.69) is 15.9 Å². The number of carbonyl (C=O) groups excluding carboxylic acids is 1. The third-order valence-corrected chi connectivity index (χ3v) is 5.35. The lowest BCUT2D eigenvalue weighted by Crippen LogP contribution is -2.13. The molecule has 0 bridgehead atoms. The van der Waals surface area contributed by atoms with Crippen molar-refractivity contribution in [3.05, 3.63) is 86.5 Å². The smallest absolute Gasteiger partial charge is 0.338 e. The lowest BCUT2D eigenvalue weighted by Gasteiger charge is -2.08. The molecule has 6 nitrogen and oxygen atoms in total. The summed E-state index contributed by atoms with van der Waals surface area (Å²) in [5.41, 5.74) is -0.366. The number of aromatic nitrogens is 1. The zero-order valence-electron chi connectivity index (χ0n) is 14.5. The van der Waals surface area contributed by atoms with Gasteiger partial charge in [0.05, 0.1) is 11.0 Å². The Morgan fingerprint density at radius 2 is 1.45 bits per heavy atom. The van der Waals surface area contributed by atoms with Crippen LogP contribution in [0.4, 0.5) is 0 Å². The highest BCUT2D eigenvalue weighted by atomic mass is 79.9. The zero-order valence-corrected chi connectivity index (χ0v) is 16.9. The Balaban J connectivity index is 2.19. The molecule has 0 unspecified atom stereocenters. The van der Waals surface area contributed by atoms with Crippen LogP contribution < -0.4 is 0 Å². The maximum Gasteiger partial charge on any atom is 0.338 e. The number of pyridine rings is 1. The van der Waals surface area contributed by atoms with Crippen molar-refractivity contribution in [3.8, 4) is 0 Å². The highest BCUT2D eigenvalue weighted by molar-refractivity contribution is 9.10. The van der Waals surface area contributed by atoms with Crippen LogP contribution in [-0.4, -0.2) is 32.3 Å². The molecule has 4 aromatic rings. The summed E-state index contributed by atoms with van der Waals surface area (Å²) in [6.45, 7) is 0. The SMILES string of the molecule is O=C(O)c1c(C(=O)O)c2ccc3cc(Br)ccc3n2c1C(=O)c1ccc(Cl)cc1. The van der Waals surface area contributed by atoms with Crippen LogP contribution in [0.3, 0.4) is 0 Å². The number of hydrogen-bond acceptors (Lipinski definition) is 3. The van der Waals surface area contributed by atoms with E-state index >= 15 is 0 Å². The first-order chi connectivity index (χ1) is 13.8. The third kappa shape index (κ3) is 3.08. The number of rotatable bonds is 4. The molecule has 2 aromatic heterocycles. The van der Waals surface area contributed by atoms with E-state index in [1.165, 1.54) is 34.7 Å². The Morgan fingerprint density at radius 3 is 2.07 bits per heavy atom. The topological polar surface area (TPSA) is 96.1 Å². The predicted molar refractivity (Wildman–Crippen MR) is 111 cm³/mol. The normalized spacial score (nSPS) is 11.1. The Morgan fingerprint density at radius 1 is 0.828 bits per heavy atom. The fraction of sp³-hybridized carbons (Fsp3) is 0. The zero-order chi connectivity index (χ0) is 20.9. The van der Waals surface area contributed by atoms with E-state index < -0.39 is 28.8 Å². The van der Waals surface area contributed by atoms with E-state index in [1.54, 1.807) is 24.3 Å². The molecular formula is C21H11BrClNO5. The first-order valence-electron chi connectivity index (χ1n) is 8.33. The van der Waals surface area contributed by atoms with Gasteiger partial charge in [-0.05, 0) is 53.9 Å². The van der Waals surface area contributed by atoms with Gasteiger partial charge in [-0.15, -0.1) is 0 Å². The average molecular weight is 473 g/mol. The maximum absolute atomic E-state index is 13.3. The highest BCUT2D eigenvalue weighted by Crippen LogP contribution is 2.31. The van der Waals surface area contributed by atoms with Crippen LogP contribution in [0.2, 0.25) is 5.02 Å².